The van der Waals surface area contributed by atoms with Crippen molar-refractivity contribution in [3.05, 3.63) is 18.3 Å². The Morgan fingerprint density at radius 3 is 2.63 bits per heavy atom. The number of anilines is 1. The molecule has 1 fully saturated rings. The Balaban J connectivity index is 1.99. The van der Waals surface area contributed by atoms with Crippen LogP contribution in [-0.4, -0.2) is 26.0 Å². The molecule has 0 atom stereocenters. The van der Waals surface area contributed by atoms with Gasteiger partial charge in [0.15, 0.2) is 0 Å². The Labute approximate surface area is 114 Å². The maximum Gasteiger partial charge on any atom is 0.242 e. The second-order valence-electron chi connectivity index (χ2n) is 5.20. The largest absolute Gasteiger partial charge is 0.370 e. The maximum absolute atomic E-state index is 12.1. The lowest BCUT2D eigenvalue weighted by Gasteiger charge is -2.32. The molecule has 0 aliphatic heterocycles. The first-order valence-electron chi connectivity index (χ1n) is 6.73. The zero-order chi connectivity index (χ0) is 13.9. The third-order valence-electron chi connectivity index (χ3n) is 3.30. The van der Waals surface area contributed by atoms with Gasteiger partial charge in [-0.15, -0.1) is 0 Å². The molecule has 1 aliphatic carbocycles. The first kappa shape index (κ1) is 14.3. The van der Waals surface area contributed by atoms with Crippen molar-refractivity contribution in [3.63, 3.8) is 0 Å². The van der Waals surface area contributed by atoms with E-state index < -0.39 is 10.0 Å². The molecule has 6 heteroatoms. The fraction of sp³-hybridized carbons (Fsp3) is 0.615. The Kier molecular flexibility index (Phi) is 4.42. The highest BCUT2D eigenvalue weighted by atomic mass is 32.2. The van der Waals surface area contributed by atoms with Crippen molar-refractivity contribution in [2.75, 3.05) is 11.9 Å². The lowest BCUT2D eigenvalue weighted by molar-refractivity contribution is 0.270. The summed E-state index contributed by atoms with van der Waals surface area (Å²) >= 11 is 0. The van der Waals surface area contributed by atoms with Crippen LogP contribution in [0.4, 0.5) is 5.82 Å². The van der Waals surface area contributed by atoms with Gasteiger partial charge in [0.25, 0.3) is 0 Å². The number of nitrogens with one attached hydrogen (secondary N) is 2. The van der Waals surface area contributed by atoms with Gasteiger partial charge < -0.3 is 5.32 Å². The van der Waals surface area contributed by atoms with Gasteiger partial charge in [-0.2, -0.15) is 0 Å². The number of aromatic nitrogens is 1. The predicted molar refractivity (Wildman–Crippen MR) is 75.5 cm³/mol. The van der Waals surface area contributed by atoms with Crippen molar-refractivity contribution in [1.82, 2.24) is 9.71 Å². The summed E-state index contributed by atoms with van der Waals surface area (Å²) in [6.07, 6.45) is 4.25. The third kappa shape index (κ3) is 3.67. The second-order valence-corrected chi connectivity index (χ2v) is 6.91. The van der Waals surface area contributed by atoms with E-state index in [1.54, 1.807) is 12.1 Å². The van der Waals surface area contributed by atoms with Crippen LogP contribution in [0.5, 0.6) is 0 Å². The lowest BCUT2D eigenvalue weighted by Crippen LogP contribution is -2.43. The van der Waals surface area contributed by atoms with E-state index in [0.717, 1.165) is 25.8 Å². The van der Waals surface area contributed by atoms with Crippen LogP contribution < -0.4 is 10.0 Å². The van der Waals surface area contributed by atoms with E-state index in [4.69, 9.17) is 0 Å². The third-order valence-corrected chi connectivity index (χ3v) is 4.80. The molecule has 1 aliphatic rings. The van der Waals surface area contributed by atoms with Gasteiger partial charge in [0, 0.05) is 18.8 Å². The molecule has 1 aromatic rings. The van der Waals surface area contributed by atoms with Crippen molar-refractivity contribution < 1.29 is 8.42 Å². The van der Waals surface area contributed by atoms with Gasteiger partial charge in [-0.1, -0.05) is 13.8 Å². The number of hydrogen-bond donors (Lipinski definition) is 2. The molecule has 0 radical (unpaired) electrons. The minimum Gasteiger partial charge on any atom is -0.370 e. The quantitative estimate of drug-likeness (QED) is 0.837. The van der Waals surface area contributed by atoms with Crippen molar-refractivity contribution in [2.45, 2.75) is 44.0 Å². The summed E-state index contributed by atoms with van der Waals surface area (Å²) in [5.41, 5.74) is 0. The van der Waals surface area contributed by atoms with Crippen LogP contribution in [-0.2, 0) is 10.0 Å². The van der Waals surface area contributed by atoms with Crippen LogP contribution in [0.2, 0.25) is 0 Å². The van der Waals surface area contributed by atoms with Crippen LogP contribution in [0.1, 0.15) is 33.1 Å². The molecule has 2 rings (SSSR count). The molecule has 1 heterocycles. The summed E-state index contributed by atoms with van der Waals surface area (Å²) in [4.78, 5) is 4.35. The molecule has 0 aromatic carbocycles. The lowest BCUT2D eigenvalue weighted by atomic mass is 9.83. The summed E-state index contributed by atoms with van der Waals surface area (Å²) in [6, 6.07) is 3.38. The smallest absolute Gasteiger partial charge is 0.242 e. The van der Waals surface area contributed by atoms with E-state index in [1.807, 2.05) is 0 Å². The van der Waals surface area contributed by atoms with Crippen LogP contribution in [0, 0.1) is 5.92 Å². The Hall–Kier alpha value is -1.14. The van der Waals surface area contributed by atoms with Gasteiger partial charge >= 0.3 is 0 Å². The molecule has 0 saturated heterocycles. The molecule has 2 N–H and O–H groups in total. The number of sulfonamides is 1. The molecule has 0 spiro atoms. The second kappa shape index (κ2) is 5.88. The van der Waals surface area contributed by atoms with Gasteiger partial charge in [0.2, 0.25) is 10.0 Å². The van der Waals surface area contributed by atoms with Crippen molar-refractivity contribution in [3.8, 4) is 0 Å². The average Bonchev–Trinajstić information content (AvgIpc) is 2.35. The SMILES string of the molecule is CCCNc1ccc(S(=O)(=O)NC2CC(C)C2)cn1. The molecule has 0 bridgehead atoms. The Bertz CT molecular complexity index is 507. The van der Waals surface area contributed by atoms with Gasteiger partial charge in [0.05, 0.1) is 0 Å². The highest BCUT2D eigenvalue weighted by Gasteiger charge is 2.29. The summed E-state index contributed by atoms with van der Waals surface area (Å²) < 4.78 is 26.9. The van der Waals surface area contributed by atoms with E-state index in [2.05, 4.69) is 28.9 Å². The van der Waals surface area contributed by atoms with Gasteiger partial charge in [-0.3, -0.25) is 0 Å². The van der Waals surface area contributed by atoms with Crippen molar-refractivity contribution >= 4 is 15.8 Å². The Morgan fingerprint density at radius 2 is 2.11 bits per heavy atom. The number of hydrogen-bond acceptors (Lipinski definition) is 4. The normalized spacial score (nSPS) is 22.8. The average molecular weight is 283 g/mol. The van der Waals surface area contributed by atoms with Gasteiger partial charge in [0.1, 0.15) is 10.7 Å². The van der Waals surface area contributed by atoms with Crippen LogP contribution in [0.3, 0.4) is 0 Å². The summed E-state index contributed by atoms with van der Waals surface area (Å²) in [7, 11) is -3.42. The van der Waals surface area contributed by atoms with Gasteiger partial charge in [-0.25, -0.2) is 18.1 Å². The summed E-state index contributed by atoms with van der Waals surface area (Å²) in [5, 5.41) is 3.12. The van der Waals surface area contributed by atoms with Crippen LogP contribution >= 0.6 is 0 Å². The summed E-state index contributed by atoms with van der Waals surface area (Å²) in [5.74, 6) is 1.32. The molecule has 0 amide bonds. The molecule has 106 valence electrons. The zero-order valence-corrected chi connectivity index (χ0v) is 12.2. The van der Waals surface area contributed by atoms with E-state index in [1.165, 1.54) is 6.20 Å². The molecule has 0 unspecified atom stereocenters. The summed E-state index contributed by atoms with van der Waals surface area (Å²) in [6.45, 7) is 5.02. The van der Waals surface area contributed by atoms with Gasteiger partial charge in [-0.05, 0) is 37.3 Å². The Morgan fingerprint density at radius 1 is 1.37 bits per heavy atom. The standard InChI is InChI=1S/C13H21N3O2S/c1-3-6-14-13-5-4-12(9-15-13)19(17,18)16-11-7-10(2)8-11/h4-5,9-11,16H,3,6-8H2,1-2H3,(H,14,15). The molecule has 1 aromatic heterocycles. The topological polar surface area (TPSA) is 71.1 Å². The van der Waals surface area contributed by atoms with Crippen molar-refractivity contribution in [2.24, 2.45) is 5.92 Å². The molecular weight excluding hydrogens is 262 g/mol. The maximum atomic E-state index is 12.1. The number of pyridine rings is 1. The first-order chi connectivity index (χ1) is 9.01. The van der Waals surface area contributed by atoms with E-state index >= 15 is 0 Å². The van der Waals surface area contributed by atoms with Crippen molar-refractivity contribution in [1.29, 1.82) is 0 Å². The highest BCUT2D eigenvalue weighted by molar-refractivity contribution is 7.89. The highest BCUT2D eigenvalue weighted by Crippen LogP contribution is 2.27. The predicted octanol–water partition coefficient (Wildman–Crippen LogP) is 1.98. The number of nitrogens with zero attached hydrogens (tertiary/aromatic N) is 1. The van der Waals surface area contributed by atoms with E-state index in [0.29, 0.717) is 11.7 Å². The molecule has 5 nitrogen and oxygen atoms in total. The fourth-order valence-corrected chi connectivity index (χ4v) is 3.39. The van der Waals surface area contributed by atoms with Crippen LogP contribution in [0.25, 0.3) is 0 Å². The molecule has 1 saturated carbocycles. The van der Waals surface area contributed by atoms with Crippen LogP contribution in [0.15, 0.2) is 23.2 Å². The minimum atomic E-state index is -3.42. The molecule has 19 heavy (non-hydrogen) atoms. The molecular formula is C13H21N3O2S. The minimum absolute atomic E-state index is 0.0814. The fourth-order valence-electron chi connectivity index (χ4n) is 2.18. The zero-order valence-electron chi connectivity index (χ0n) is 11.4. The number of rotatable bonds is 6. The first-order valence-corrected chi connectivity index (χ1v) is 8.22. The van der Waals surface area contributed by atoms with E-state index in [9.17, 15) is 8.42 Å². The van der Waals surface area contributed by atoms with E-state index in [-0.39, 0.29) is 10.9 Å². The monoisotopic (exact) mass is 283 g/mol.